The third-order valence-corrected chi connectivity index (χ3v) is 3.92. The summed E-state index contributed by atoms with van der Waals surface area (Å²) in [5.41, 5.74) is 4.82. The summed E-state index contributed by atoms with van der Waals surface area (Å²) >= 11 is 0. The Kier molecular flexibility index (Phi) is 5.18. The lowest BCUT2D eigenvalue weighted by Gasteiger charge is -2.12. The Hall–Kier alpha value is -2.89. The van der Waals surface area contributed by atoms with E-state index in [4.69, 9.17) is 0 Å². The summed E-state index contributed by atoms with van der Waals surface area (Å²) < 4.78 is 0. The van der Waals surface area contributed by atoms with E-state index < -0.39 is 4.92 Å². The summed E-state index contributed by atoms with van der Waals surface area (Å²) in [4.78, 5) is 22.8. The minimum atomic E-state index is -0.486. The Morgan fingerprint density at radius 2 is 1.67 bits per heavy atom. The Bertz CT molecular complexity index is 800. The topological polar surface area (TPSA) is 84.3 Å². The van der Waals surface area contributed by atoms with E-state index in [1.807, 2.05) is 39.0 Å². The minimum Gasteiger partial charge on any atom is -0.376 e. The van der Waals surface area contributed by atoms with Crippen LogP contribution in [0, 0.1) is 37.8 Å². The van der Waals surface area contributed by atoms with Crippen LogP contribution in [0.4, 0.5) is 17.1 Å². The molecule has 0 bridgehead atoms. The lowest BCUT2D eigenvalue weighted by Crippen LogP contribution is -2.22. The summed E-state index contributed by atoms with van der Waals surface area (Å²) in [6, 6.07) is 9.04. The van der Waals surface area contributed by atoms with Gasteiger partial charge in [-0.3, -0.25) is 14.9 Å². The third-order valence-electron chi connectivity index (χ3n) is 3.92. The Morgan fingerprint density at radius 3 is 2.33 bits per heavy atom. The molecule has 2 aromatic rings. The zero-order valence-corrected chi connectivity index (χ0v) is 14.3. The van der Waals surface area contributed by atoms with Crippen molar-refractivity contribution in [1.29, 1.82) is 0 Å². The van der Waals surface area contributed by atoms with Gasteiger partial charge >= 0.3 is 0 Å². The second kappa shape index (κ2) is 7.12. The molecule has 0 aliphatic heterocycles. The van der Waals surface area contributed by atoms with Crippen LogP contribution >= 0.6 is 0 Å². The molecule has 0 fully saturated rings. The van der Waals surface area contributed by atoms with Crippen molar-refractivity contribution >= 4 is 23.0 Å². The molecule has 0 spiro atoms. The number of carbonyl (C=O) groups is 1. The van der Waals surface area contributed by atoms with Gasteiger partial charge in [-0.15, -0.1) is 0 Å². The van der Waals surface area contributed by atoms with Crippen LogP contribution in [0.3, 0.4) is 0 Å². The van der Waals surface area contributed by atoms with Crippen LogP contribution < -0.4 is 10.6 Å². The molecule has 6 heteroatoms. The number of nitrogens with one attached hydrogen (secondary N) is 2. The smallest absolute Gasteiger partial charge is 0.293 e. The largest absolute Gasteiger partial charge is 0.376 e. The van der Waals surface area contributed by atoms with Crippen molar-refractivity contribution in [2.75, 3.05) is 17.2 Å². The van der Waals surface area contributed by atoms with E-state index in [2.05, 4.69) is 10.6 Å². The molecule has 0 radical (unpaired) electrons. The first kappa shape index (κ1) is 17.5. The molecule has 0 unspecified atom stereocenters. The number of amides is 1. The quantitative estimate of drug-likeness (QED) is 0.645. The van der Waals surface area contributed by atoms with Gasteiger partial charge in [0.25, 0.3) is 5.69 Å². The van der Waals surface area contributed by atoms with Crippen molar-refractivity contribution in [2.45, 2.75) is 27.7 Å². The fourth-order valence-electron chi connectivity index (χ4n) is 2.35. The predicted octanol–water partition coefficient (Wildman–Crippen LogP) is 3.88. The summed E-state index contributed by atoms with van der Waals surface area (Å²) in [5.74, 6) is -0.331. The Balaban J connectivity index is 2.11. The first-order valence-corrected chi connectivity index (χ1v) is 7.64. The van der Waals surface area contributed by atoms with Crippen LogP contribution in [-0.4, -0.2) is 17.4 Å². The number of benzene rings is 2. The molecule has 2 N–H and O–H groups in total. The molecule has 0 atom stereocenters. The monoisotopic (exact) mass is 327 g/mol. The number of anilines is 2. The van der Waals surface area contributed by atoms with Crippen LogP contribution in [0.1, 0.15) is 22.3 Å². The predicted molar refractivity (Wildman–Crippen MR) is 95.6 cm³/mol. The lowest BCUT2D eigenvalue weighted by atomic mass is 10.1. The van der Waals surface area contributed by atoms with Gasteiger partial charge in [0, 0.05) is 11.8 Å². The van der Waals surface area contributed by atoms with E-state index in [-0.39, 0.29) is 23.8 Å². The van der Waals surface area contributed by atoms with Crippen molar-refractivity contribution in [3.8, 4) is 0 Å². The Labute approximate surface area is 141 Å². The van der Waals surface area contributed by atoms with Crippen molar-refractivity contribution < 1.29 is 9.72 Å². The van der Waals surface area contributed by atoms with Gasteiger partial charge in [-0.2, -0.15) is 0 Å². The number of nitro groups is 1. The first-order valence-electron chi connectivity index (χ1n) is 7.64. The standard InChI is InChI=1S/C18H21N3O3/c1-11-5-6-12(2)15(7-11)19-10-18(22)20-16-8-13(3)14(4)9-17(16)21(23)24/h5-9,19H,10H2,1-4H3,(H,20,22). The maximum Gasteiger partial charge on any atom is 0.293 e. The van der Waals surface area contributed by atoms with Gasteiger partial charge in [0.15, 0.2) is 0 Å². The number of carbonyl (C=O) groups excluding carboxylic acids is 1. The number of rotatable bonds is 5. The number of aryl methyl sites for hydroxylation is 4. The molecule has 0 saturated carbocycles. The van der Waals surface area contributed by atoms with Gasteiger partial charge < -0.3 is 10.6 Å². The number of nitrogens with zero attached hydrogens (tertiary/aromatic N) is 1. The average Bonchev–Trinajstić information content (AvgIpc) is 2.51. The molecular formula is C18H21N3O3. The maximum atomic E-state index is 12.2. The Morgan fingerprint density at radius 1 is 1.00 bits per heavy atom. The highest BCUT2D eigenvalue weighted by Crippen LogP contribution is 2.27. The van der Waals surface area contributed by atoms with Crippen molar-refractivity contribution in [3.63, 3.8) is 0 Å². The highest BCUT2D eigenvalue weighted by molar-refractivity contribution is 5.96. The average molecular weight is 327 g/mol. The number of hydrogen-bond acceptors (Lipinski definition) is 4. The SMILES string of the molecule is Cc1ccc(C)c(NCC(=O)Nc2cc(C)c(C)cc2[N+](=O)[O-])c1. The van der Waals surface area contributed by atoms with E-state index in [9.17, 15) is 14.9 Å². The minimum absolute atomic E-state index is 0.0361. The summed E-state index contributed by atoms with van der Waals surface area (Å²) in [7, 11) is 0. The molecule has 24 heavy (non-hydrogen) atoms. The fourth-order valence-corrected chi connectivity index (χ4v) is 2.35. The molecule has 0 aliphatic carbocycles. The molecule has 0 heterocycles. The summed E-state index contributed by atoms with van der Waals surface area (Å²) in [5, 5.41) is 16.9. The molecule has 1 amide bonds. The zero-order chi connectivity index (χ0) is 17.9. The molecule has 0 aromatic heterocycles. The molecule has 126 valence electrons. The van der Waals surface area contributed by atoms with Crippen LogP contribution in [0.5, 0.6) is 0 Å². The molecule has 2 aromatic carbocycles. The second-order valence-corrected chi connectivity index (χ2v) is 5.93. The molecule has 0 saturated heterocycles. The number of nitro benzene ring substituents is 1. The van der Waals surface area contributed by atoms with Gasteiger partial charge in [0.2, 0.25) is 5.91 Å². The van der Waals surface area contributed by atoms with E-state index in [0.717, 1.165) is 27.9 Å². The van der Waals surface area contributed by atoms with E-state index in [1.165, 1.54) is 6.07 Å². The van der Waals surface area contributed by atoms with Gasteiger partial charge in [0.1, 0.15) is 5.69 Å². The van der Waals surface area contributed by atoms with E-state index in [1.54, 1.807) is 13.0 Å². The van der Waals surface area contributed by atoms with Gasteiger partial charge in [-0.05, 0) is 62.1 Å². The van der Waals surface area contributed by atoms with Crippen LogP contribution in [0.2, 0.25) is 0 Å². The van der Waals surface area contributed by atoms with Gasteiger partial charge in [0.05, 0.1) is 11.5 Å². The molecule has 0 aliphatic rings. The van der Waals surface area contributed by atoms with Crippen molar-refractivity contribution in [2.24, 2.45) is 0 Å². The second-order valence-electron chi connectivity index (χ2n) is 5.93. The molecule has 6 nitrogen and oxygen atoms in total. The summed E-state index contributed by atoms with van der Waals surface area (Å²) in [6.45, 7) is 7.62. The van der Waals surface area contributed by atoms with E-state index in [0.29, 0.717) is 0 Å². The van der Waals surface area contributed by atoms with Crippen molar-refractivity contribution in [3.05, 3.63) is 62.7 Å². The van der Waals surface area contributed by atoms with Gasteiger partial charge in [-0.25, -0.2) is 0 Å². The molecular weight excluding hydrogens is 306 g/mol. The highest BCUT2D eigenvalue weighted by Gasteiger charge is 2.17. The molecule has 2 rings (SSSR count). The van der Waals surface area contributed by atoms with Gasteiger partial charge in [-0.1, -0.05) is 12.1 Å². The normalized spacial score (nSPS) is 10.3. The number of hydrogen-bond donors (Lipinski definition) is 2. The van der Waals surface area contributed by atoms with E-state index >= 15 is 0 Å². The highest BCUT2D eigenvalue weighted by atomic mass is 16.6. The van der Waals surface area contributed by atoms with Crippen LogP contribution in [0.15, 0.2) is 30.3 Å². The van der Waals surface area contributed by atoms with Crippen LogP contribution in [-0.2, 0) is 4.79 Å². The summed E-state index contributed by atoms with van der Waals surface area (Å²) in [6.07, 6.45) is 0. The van der Waals surface area contributed by atoms with Crippen LogP contribution in [0.25, 0.3) is 0 Å². The zero-order valence-electron chi connectivity index (χ0n) is 14.3. The van der Waals surface area contributed by atoms with Crippen molar-refractivity contribution in [1.82, 2.24) is 0 Å². The first-order chi connectivity index (χ1) is 11.3. The lowest BCUT2D eigenvalue weighted by molar-refractivity contribution is -0.384. The fraction of sp³-hybridized carbons (Fsp3) is 0.278. The third kappa shape index (κ3) is 4.10. The maximum absolute atomic E-state index is 12.2.